The topological polar surface area (TPSA) is 42.0 Å². The van der Waals surface area contributed by atoms with E-state index in [1.165, 1.54) is 17.4 Å². The van der Waals surface area contributed by atoms with Crippen molar-refractivity contribution in [2.75, 3.05) is 5.32 Å². The number of carbonyl (C=O) groups is 1. The van der Waals surface area contributed by atoms with E-state index in [1.54, 1.807) is 19.1 Å². The highest BCUT2D eigenvalue weighted by Gasteiger charge is 2.12. The number of aromatic nitrogens is 1. The minimum absolute atomic E-state index is 0.300. The maximum Gasteiger partial charge on any atom is 0.257 e. The van der Waals surface area contributed by atoms with Crippen LogP contribution in [0, 0.1) is 19.7 Å². The van der Waals surface area contributed by atoms with Crippen molar-refractivity contribution in [3.63, 3.8) is 0 Å². The molecule has 0 saturated heterocycles. The summed E-state index contributed by atoms with van der Waals surface area (Å²) in [7, 11) is 0. The SMILES string of the molecule is CCc1nc(NC(=O)c2ccc(C)c(F)c2)sc1C. The van der Waals surface area contributed by atoms with Crippen molar-refractivity contribution in [1.82, 2.24) is 4.98 Å². The van der Waals surface area contributed by atoms with Gasteiger partial charge in [0.15, 0.2) is 5.13 Å². The Bertz CT molecular complexity index is 622. The molecule has 0 bridgehead atoms. The van der Waals surface area contributed by atoms with Crippen molar-refractivity contribution in [3.05, 3.63) is 45.7 Å². The van der Waals surface area contributed by atoms with Crippen molar-refractivity contribution in [2.45, 2.75) is 27.2 Å². The molecule has 1 aromatic carbocycles. The van der Waals surface area contributed by atoms with E-state index in [0.717, 1.165) is 17.0 Å². The monoisotopic (exact) mass is 278 g/mol. The van der Waals surface area contributed by atoms with Crippen LogP contribution in [-0.4, -0.2) is 10.9 Å². The van der Waals surface area contributed by atoms with Gasteiger partial charge in [0.2, 0.25) is 0 Å². The third kappa shape index (κ3) is 2.98. The number of thiazole rings is 1. The smallest absolute Gasteiger partial charge is 0.257 e. The number of amides is 1. The minimum atomic E-state index is -0.378. The lowest BCUT2D eigenvalue weighted by molar-refractivity contribution is 0.102. The molecule has 0 radical (unpaired) electrons. The van der Waals surface area contributed by atoms with E-state index in [0.29, 0.717) is 16.3 Å². The zero-order chi connectivity index (χ0) is 14.0. The Morgan fingerprint density at radius 1 is 1.42 bits per heavy atom. The van der Waals surface area contributed by atoms with E-state index in [1.807, 2.05) is 13.8 Å². The number of hydrogen-bond donors (Lipinski definition) is 1. The summed E-state index contributed by atoms with van der Waals surface area (Å²) in [6.45, 7) is 5.65. The number of nitrogens with zero attached hydrogens (tertiary/aromatic N) is 1. The first-order valence-corrected chi connectivity index (χ1v) is 6.86. The fourth-order valence-corrected chi connectivity index (χ4v) is 2.61. The Balaban J connectivity index is 2.18. The summed E-state index contributed by atoms with van der Waals surface area (Å²) in [5.74, 6) is -0.715. The van der Waals surface area contributed by atoms with Gasteiger partial charge in [-0.05, 0) is 38.0 Å². The molecule has 2 aromatic rings. The van der Waals surface area contributed by atoms with E-state index >= 15 is 0 Å². The van der Waals surface area contributed by atoms with E-state index in [4.69, 9.17) is 0 Å². The van der Waals surface area contributed by atoms with E-state index < -0.39 is 0 Å². The largest absolute Gasteiger partial charge is 0.298 e. The van der Waals surface area contributed by atoms with Crippen LogP contribution in [0.5, 0.6) is 0 Å². The first kappa shape index (κ1) is 13.7. The fraction of sp³-hybridized carbons (Fsp3) is 0.286. The van der Waals surface area contributed by atoms with Gasteiger partial charge in [0.05, 0.1) is 5.69 Å². The average Bonchev–Trinajstić information content (AvgIpc) is 2.72. The maximum atomic E-state index is 13.4. The van der Waals surface area contributed by atoms with Crippen LogP contribution in [-0.2, 0) is 6.42 Å². The molecule has 2 rings (SSSR count). The highest BCUT2D eigenvalue weighted by molar-refractivity contribution is 7.15. The summed E-state index contributed by atoms with van der Waals surface area (Å²) >= 11 is 1.43. The molecule has 5 heteroatoms. The molecular formula is C14H15FN2OS. The summed E-state index contributed by atoms with van der Waals surface area (Å²) in [6.07, 6.45) is 0.831. The first-order valence-electron chi connectivity index (χ1n) is 6.05. The van der Waals surface area contributed by atoms with Crippen LogP contribution in [0.2, 0.25) is 0 Å². The Morgan fingerprint density at radius 2 is 2.16 bits per heavy atom. The van der Waals surface area contributed by atoms with E-state index in [-0.39, 0.29) is 11.7 Å². The van der Waals surface area contributed by atoms with Crippen LogP contribution in [0.1, 0.15) is 33.4 Å². The van der Waals surface area contributed by atoms with Gasteiger partial charge in [-0.15, -0.1) is 11.3 Å². The molecule has 100 valence electrons. The highest BCUT2D eigenvalue weighted by atomic mass is 32.1. The van der Waals surface area contributed by atoms with Gasteiger partial charge in [0, 0.05) is 10.4 Å². The lowest BCUT2D eigenvalue weighted by Crippen LogP contribution is -2.12. The summed E-state index contributed by atoms with van der Waals surface area (Å²) in [4.78, 5) is 17.4. The third-order valence-corrected chi connectivity index (χ3v) is 3.81. The maximum absolute atomic E-state index is 13.4. The number of anilines is 1. The van der Waals surface area contributed by atoms with Crippen molar-refractivity contribution < 1.29 is 9.18 Å². The van der Waals surface area contributed by atoms with E-state index in [2.05, 4.69) is 10.3 Å². The molecule has 0 aliphatic rings. The summed E-state index contributed by atoms with van der Waals surface area (Å²) in [5, 5.41) is 3.26. The Kier molecular flexibility index (Phi) is 3.95. The van der Waals surface area contributed by atoms with Crippen molar-refractivity contribution in [2.24, 2.45) is 0 Å². The first-order chi connectivity index (χ1) is 9.01. The molecule has 3 nitrogen and oxygen atoms in total. The predicted molar refractivity (Wildman–Crippen MR) is 75.3 cm³/mol. The van der Waals surface area contributed by atoms with Crippen molar-refractivity contribution >= 4 is 22.4 Å². The zero-order valence-electron chi connectivity index (χ0n) is 11.1. The van der Waals surface area contributed by atoms with Gasteiger partial charge >= 0.3 is 0 Å². The van der Waals surface area contributed by atoms with Gasteiger partial charge in [0.1, 0.15) is 5.82 Å². The number of carbonyl (C=O) groups excluding carboxylic acids is 1. The number of nitrogens with one attached hydrogen (secondary N) is 1. The number of benzene rings is 1. The van der Waals surface area contributed by atoms with Crippen LogP contribution in [0.15, 0.2) is 18.2 Å². The van der Waals surface area contributed by atoms with Gasteiger partial charge in [0.25, 0.3) is 5.91 Å². The quantitative estimate of drug-likeness (QED) is 0.929. The normalized spacial score (nSPS) is 10.5. The standard InChI is InChI=1S/C14H15FN2OS/c1-4-12-9(3)19-14(16-12)17-13(18)10-6-5-8(2)11(15)7-10/h5-7H,4H2,1-3H3,(H,16,17,18). The van der Waals surface area contributed by atoms with Crippen LogP contribution >= 0.6 is 11.3 Å². The second-order valence-electron chi connectivity index (χ2n) is 4.29. The molecule has 1 heterocycles. The molecule has 1 aromatic heterocycles. The van der Waals surface area contributed by atoms with Crippen LogP contribution in [0.4, 0.5) is 9.52 Å². The minimum Gasteiger partial charge on any atom is -0.298 e. The number of rotatable bonds is 3. The number of halogens is 1. The number of hydrogen-bond acceptors (Lipinski definition) is 3. The molecular weight excluding hydrogens is 263 g/mol. The van der Waals surface area contributed by atoms with Crippen LogP contribution in [0.3, 0.4) is 0 Å². The molecule has 0 saturated carbocycles. The molecule has 0 spiro atoms. The van der Waals surface area contributed by atoms with Gasteiger partial charge in [-0.1, -0.05) is 13.0 Å². The summed E-state index contributed by atoms with van der Waals surface area (Å²) in [5.41, 5.74) is 1.80. The average molecular weight is 278 g/mol. The zero-order valence-corrected chi connectivity index (χ0v) is 11.9. The Hall–Kier alpha value is -1.75. The van der Waals surface area contributed by atoms with Gasteiger partial charge in [-0.3, -0.25) is 10.1 Å². The molecule has 0 unspecified atom stereocenters. The van der Waals surface area contributed by atoms with Crippen LogP contribution < -0.4 is 5.32 Å². The molecule has 0 aliphatic heterocycles. The lowest BCUT2D eigenvalue weighted by atomic mass is 10.1. The van der Waals surface area contributed by atoms with Crippen molar-refractivity contribution in [1.29, 1.82) is 0 Å². The molecule has 1 N–H and O–H groups in total. The predicted octanol–water partition coefficient (Wildman–Crippen LogP) is 3.71. The van der Waals surface area contributed by atoms with Crippen molar-refractivity contribution in [3.8, 4) is 0 Å². The number of aryl methyl sites for hydroxylation is 3. The Morgan fingerprint density at radius 3 is 2.74 bits per heavy atom. The molecule has 0 aliphatic carbocycles. The summed E-state index contributed by atoms with van der Waals surface area (Å²) < 4.78 is 13.4. The fourth-order valence-electron chi connectivity index (χ4n) is 1.71. The third-order valence-electron chi connectivity index (χ3n) is 2.88. The lowest BCUT2D eigenvalue weighted by Gasteiger charge is -2.03. The van der Waals surface area contributed by atoms with E-state index in [9.17, 15) is 9.18 Å². The van der Waals surface area contributed by atoms with Gasteiger partial charge in [-0.2, -0.15) is 0 Å². The second-order valence-corrected chi connectivity index (χ2v) is 5.50. The summed E-state index contributed by atoms with van der Waals surface area (Å²) in [6, 6.07) is 4.44. The molecule has 0 fully saturated rings. The molecule has 0 atom stereocenters. The second kappa shape index (κ2) is 5.48. The van der Waals surface area contributed by atoms with Gasteiger partial charge in [-0.25, -0.2) is 9.37 Å². The molecule has 1 amide bonds. The molecule has 19 heavy (non-hydrogen) atoms. The van der Waals surface area contributed by atoms with Crippen LogP contribution in [0.25, 0.3) is 0 Å². The van der Waals surface area contributed by atoms with Gasteiger partial charge < -0.3 is 0 Å². The Labute approximate surface area is 115 Å². The highest BCUT2D eigenvalue weighted by Crippen LogP contribution is 2.23.